The monoisotopic (exact) mass is 360 g/mol. The van der Waals surface area contributed by atoms with Crippen LogP contribution in [0.4, 0.5) is 0 Å². The molecule has 0 saturated heterocycles. The van der Waals surface area contributed by atoms with Gasteiger partial charge in [-0.15, -0.1) is 10.2 Å². The first-order valence-electron chi connectivity index (χ1n) is 6.25. The Hall–Kier alpha value is -1.99. The van der Waals surface area contributed by atoms with E-state index in [2.05, 4.69) is 31.2 Å². The van der Waals surface area contributed by atoms with Crippen LogP contribution in [0, 0.1) is 6.92 Å². The molecule has 5 nitrogen and oxygen atoms in total. The van der Waals surface area contributed by atoms with Crippen molar-refractivity contribution in [2.45, 2.75) is 6.92 Å². The van der Waals surface area contributed by atoms with Gasteiger partial charge in [-0.3, -0.25) is 0 Å². The highest BCUT2D eigenvalue weighted by Crippen LogP contribution is 2.33. The summed E-state index contributed by atoms with van der Waals surface area (Å²) in [6, 6.07) is 9.87. The van der Waals surface area contributed by atoms with E-state index in [1.54, 1.807) is 10.8 Å². The highest BCUT2D eigenvalue weighted by atomic mass is 79.9. The molecular formula is C14H9BrN4OS. The topological polar surface area (TPSA) is 56.2 Å². The van der Waals surface area contributed by atoms with Gasteiger partial charge in [0.2, 0.25) is 4.96 Å². The third-order valence-electron chi connectivity index (χ3n) is 3.19. The Kier molecular flexibility index (Phi) is 2.90. The van der Waals surface area contributed by atoms with Crippen LogP contribution in [0.15, 0.2) is 45.5 Å². The average Bonchev–Trinajstić information content (AvgIpc) is 3.14. The van der Waals surface area contributed by atoms with Crippen LogP contribution >= 0.6 is 27.3 Å². The number of benzene rings is 1. The number of furan rings is 1. The van der Waals surface area contributed by atoms with Crippen molar-refractivity contribution in [3.63, 3.8) is 0 Å². The fourth-order valence-corrected chi connectivity index (χ4v) is 3.63. The summed E-state index contributed by atoms with van der Waals surface area (Å²) in [6.45, 7) is 1.90. The number of halogens is 1. The molecule has 0 unspecified atom stereocenters. The highest BCUT2D eigenvalue weighted by molar-refractivity contribution is 9.10. The molecule has 0 N–H and O–H groups in total. The lowest BCUT2D eigenvalue weighted by molar-refractivity contribution is 0.535. The lowest BCUT2D eigenvalue weighted by Crippen LogP contribution is -1.91. The minimum Gasteiger partial charge on any atom is -0.469 e. The predicted molar refractivity (Wildman–Crippen MR) is 84.2 cm³/mol. The lowest BCUT2D eigenvalue weighted by atomic mass is 10.2. The lowest BCUT2D eigenvalue weighted by Gasteiger charge is -1.98. The van der Waals surface area contributed by atoms with E-state index >= 15 is 0 Å². The van der Waals surface area contributed by atoms with Crippen molar-refractivity contribution in [1.82, 2.24) is 19.8 Å². The molecule has 0 atom stereocenters. The molecule has 0 amide bonds. The Morgan fingerprint density at radius 1 is 1.14 bits per heavy atom. The first kappa shape index (κ1) is 12.7. The summed E-state index contributed by atoms with van der Waals surface area (Å²) in [4.78, 5) is 0.761. The minimum absolute atomic E-state index is 0.700. The fraction of sp³-hybridized carbons (Fsp3) is 0.0714. The Morgan fingerprint density at radius 2 is 2.00 bits per heavy atom. The average molecular weight is 361 g/mol. The second-order valence-electron chi connectivity index (χ2n) is 4.50. The van der Waals surface area contributed by atoms with Crippen molar-refractivity contribution in [1.29, 1.82) is 0 Å². The summed E-state index contributed by atoms with van der Waals surface area (Å²) >= 11 is 5.06. The van der Waals surface area contributed by atoms with Crippen molar-refractivity contribution in [3.05, 3.63) is 46.8 Å². The second kappa shape index (κ2) is 4.78. The van der Waals surface area contributed by atoms with Crippen LogP contribution in [0.5, 0.6) is 0 Å². The number of nitrogens with zero attached hydrogens (tertiary/aromatic N) is 4. The maximum Gasteiger partial charge on any atom is 0.235 e. The first-order chi connectivity index (χ1) is 10.2. The second-order valence-corrected chi connectivity index (χ2v) is 6.31. The number of hydrogen-bond donors (Lipinski definition) is 0. The van der Waals surface area contributed by atoms with Gasteiger partial charge in [-0.2, -0.15) is 9.61 Å². The van der Waals surface area contributed by atoms with E-state index in [-0.39, 0.29) is 0 Å². The van der Waals surface area contributed by atoms with E-state index < -0.39 is 0 Å². The molecule has 4 aromatic rings. The van der Waals surface area contributed by atoms with E-state index in [4.69, 9.17) is 4.42 Å². The van der Waals surface area contributed by atoms with E-state index in [0.717, 1.165) is 31.3 Å². The summed E-state index contributed by atoms with van der Waals surface area (Å²) in [5.74, 6) is 1.51. The molecule has 104 valence electrons. The molecule has 7 heteroatoms. The van der Waals surface area contributed by atoms with E-state index in [1.165, 1.54) is 11.3 Å². The zero-order valence-corrected chi connectivity index (χ0v) is 13.3. The Morgan fingerprint density at radius 3 is 2.76 bits per heavy atom. The van der Waals surface area contributed by atoms with Gasteiger partial charge >= 0.3 is 0 Å². The maximum absolute atomic E-state index is 5.33. The molecule has 21 heavy (non-hydrogen) atoms. The molecule has 0 spiro atoms. The standard InChI is InChI=1S/C14H9BrN4OS/c1-8-9(6-7-20-8)12-16-17-14-19(12)18-13(21-14)10-4-2-3-5-11(10)15/h2-7H,1H3. The van der Waals surface area contributed by atoms with E-state index in [9.17, 15) is 0 Å². The van der Waals surface area contributed by atoms with Crippen LogP contribution in [0.1, 0.15) is 5.76 Å². The Labute approximate surface area is 132 Å². The molecule has 0 aliphatic carbocycles. The van der Waals surface area contributed by atoms with Gasteiger partial charge in [0.25, 0.3) is 0 Å². The normalized spacial score (nSPS) is 11.3. The van der Waals surface area contributed by atoms with Crippen LogP contribution in [0.3, 0.4) is 0 Å². The molecule has 0 fully saturated rings. The van der Waals surface area contributed by atoms with Crippen LogP contribution in [0.2, 0.25) is 0 Å². The predicted octanol–water partition coefficient (Wildman–Crippen LogP) is 4.18. The third-order valence-corrected chi connectivity index (χ3v) is 4.82. The summed E-state index contributed by atoms with van der Waals surface area (Å²) in [7, 11) is 0. The summed E-state index contributed by atoms with van der Waals surface area (Å²) in [5, 5.41) is 13.9. The summed E-state index contributed by atoms with van der Waals surface area (Å²) in [6.07, 6.45) is 1.65. The van der Waals surface area contributed by atoms with Crippen molar-refractivity contribution in [2.24, 2.45) is 0 Å². The highest BCUT2D eigenvalue weighted by Gasteiger charge is 2.17. The fourth-order valence-electron chi connectivity index (χ4n) is 2.15. The Bertz CT molecular complexity index is 939. The summed E-state index contributed by atoms with van der Waals surface area (Å²) in [5.41, 5.74) is 1.95. The Balaban J connectivity index is 1.91. The van der Waals surface area contributed by atoms with E-state index in [0.29, 0.717) is 5.82 Å². The maximum atomic E-state index is 5.33. The zero-order chi connectivity index (χ0) is 14.4. The van der Waals surface area contributed by atoms with Gasteiger partial charge in [-0.25, -0.2) is 0 Å². The van der Waals surface area contributed by atoms with Gasteiger partial charge < -0.3 is 4.42 Å². The molecule has 0 aliphatic heterocycles. The van der Waals surface area contributed by atoms with Gasteiger partial charge in [-0.1, -0.05) is 45.5 Å². The summed E-state index contributed by atoms with van der Waals surface area (Å²) < 4.78 is 8.11. The van der Waals surface area contributed by atoms with Crippen LogP contribution in [-0.4, -0.2) is 19.8 Å². The molecule has 0 bridgehead atoms. The zero-order valence-electron chi connectivity index (χ0n) is 10.9. The number of hydrogen-bond acceptors (Lipinski definition) is 5. The number of aryl methyl sites for hydroxylation is 1. The molecule has 0 aliphatic rings. The molecular weight excluding hydrogens is 352 g/mol. The molecule has 1 aromatic carbocycles. The third kappa shape index (κ3) is 2.00. The number of aromatic nitrogens is 4. The molecule has 4 rings (SSSR count). The SMILES string of the molecule is Cc1occc1-c1nnc2sc(-c3ccccc3Br)nn12. The van der Waals surface area contributed by atoms with Crippen molar-refractivity contribution >= 4 is 32.2 Å². The number of fused-ring (bicyclic) bond motifs is 1. The van der Waals surface area contributed by atoms with Gasteiger partial charge in [-0.05, 0) is 19.1 Å². The van der Waals surface area contributed by atoms with Gasteiger partial charge in [0.1, 0.15) is 10.8 Å². The smallest absolute Gasteiger partial charge is 0.235 e. The van der Waals surface area contributed by atoms with Crippen molar-refractivity contribution in [2.75, 3.05) is 0 Å². The van der Waals surface area contributed by atoms with Gasteiger partial charge in [0, 0.05) is 10.0 Å². The van der Waals surface area contributed by atoms with Gasteiger partial charge in [0.15, 0.2) is 5.82 Å². The molecule has 0 saturated carbocycles. The quantitative estimate of drug-likeness (QED) is 0.537. The van der Waals surface area contributed by atoms with Crippen molar-refractivity contribution < 1.29 is 4.42 Å². The first-order valence-corrected chi connectivity index (χ1v) is 7.86. The van der Waals surface area contributed by atoms with Crippen LogP contribution < -0.4 is 0 Å². The van der Waals surface area contributed by atoms with Crippen LogP contribution in [-0.2, 0) is 0 Å². The van der Waals surface area contributed by atoms with Crippen molar-refractivity contribution in [3.8, 4) is 22.0 Å². The number of rotatable bonds is 2. The largest absolute Gasteiger partial charge is 0.469 e. The molecule has 3 heterocycles. The minimum atomic E-state index is 0.700. The van der Waals surface area contributed by atoms with Crippen LogP contribution in [0.25, 0.3) is 26.9 Å². The van der Waals surface area contributed by atoms with E-state index in [1.807, 2.05) is 37.3 Å². The molecule has 3 aromatic heterocycles. The van der Waals surface area contributed by atoms with Gasteiger partial charge in [0.05, 0.1) is 11.8 Å². The molecule has 0 radical (unpaired) electrons.